The van der Waals surface area contributed by atoms with E-state index in [1.807, 2.05) is 13.8 Å². The monoisotopic (exact) mass is 263 g/mol. The molecule has 0 saturated carbocycles. The van der Waals surface area contributed by atoms with Gasteiger partial charge in [-0.05, 0) is 31.0 Å². The minimum atomic E-state index is -0.482. The molecular formula is C15H18FNO2. The van der Waals surface area contributed by atoms with Crippen LogP contribution in [-0.4, -0.2) is 23.7 Å². The normalized spacial score (nSPS) is 9.95. The first kappa shape index (κ1) is 15.2. The Kier molecular flexibility index (Phi) is 6.04. The van der Waals surface area contributed by atoms with Gasteiger partial charge in [0.15, 0.2) is 0 Å². The van der Waals surface area contributed by atoms with Gasteiger partial charge in [-0.1, -0.05) is 25.7 Å². The lowest BCUT2D eigenvalue weighted by molar-refractivity contribution is 0.0934. The zero-order valence-corrected chi connectivity index (χ0v) is 11.2. The Balaban J connectivity index is 3.03. The Morgan fingerprint density at radius 1 is 1.42 bits per heavy atom. The highest BCUT2D eigenvalue weighted by Crippen LogP contribution is 2.11. The largest absolute Gasteiger partial charge is 0.384 e. The van der Waals surface area contributed by atoms with Crippen molar-refractivity contribution < 1.29 is 14.3 Å². The van der Waals surface area contributed by atoms with E-state index < -0.39 is 5.82 Å². The number of amides is 1. The molecule has 0 saturated heterocycles. The molecule has 102 valence electrons. The van der Waals surface area contributed by atoms with Crippen LogP contribution < -0.4 is 5.32 Å². The highest BCUT2D eigenvalue weighted by atomic mass is 19.1. The van der Waals surface area contributed by atoms with Gasteiger partial charge in [-0.15, -0.1) is 0 Å². The van der Waals surface area contributed by atoms with E-state index in [-0.39, 0.29) is 24.1 Å². The lowest BCUT2D eigenvalue weighted by Gasteiger charge is -2.15. The quantitative estimate of drug-likeness (QED) is 0.817. The zero-order chi connectivity index (χ0) is 14.3. The summed E-state index contributed by atoms with van der Waals surface area (Å²) in [6, 6.07) is 3.92. The van der Waals surface area contributed by atoms with Crippen LogP contribution >= 0.6 is 0 Å². The van der Waals surface area contributed by atoms with Gasteiger partial charge in [-0.3, -0.25) is 4.79 Å². The number of halogens is 1. The van der Waals surface area contributed by atoms with E-state index in [4.69, 9.17) is 5.11 Å². The standard InChI is InChI=1S/C15H18FNO2/c1-3-13(4-2)17-15(19)14-10-12(16)8-7-11(14)6-5-9-18/h7-8,10,13,18H,3-4,9H2,1-2H3,(H,17,19). The van der Waals surface area contributed by atoms with Crippen molar-refractivity contribution in [3.8, 4) is 11.8 Å². The van der Waals surface area contributed by atoms with Gasteiger partial charge in [-0.25, -0.2) is 4.39 Å². The number of benzene rings is 1. The Hall–Kier alpha value is -1.86. The van der Waals surface area contributed by atoms with Gasteiger partial charge in [0.25, 0.3) is 5.91 Å². The molecule has 0 fully saturated rings. The van der Waals surface area contributed by atoms with Gasteiger partial charge >= 0.3 is 0 Å². The molecule has 2 N–H and O–H groups in total. The Morgan fingerprint density at radius 2 is 2.11 bits per heavy atom. The summed E-state index contributed by atoms with van der Waals surface area (Å²) in [5.74, 6) is 4.30. The van der Waals surface area contributed by atoms with E-state index >= 15 is 0 Å². The second-order valence-electron chi connectivity index (χ2n) is 4.14. The number of carbonyl (C=O) groups is 1. The van der Waals surface area contributed by atoms with Gasteiger partial charge in [0.05, 0.1) is 5.56 Å². The van der Waals surface area contributed by atoms with Gasteiger partial charge in [0.2, 0.25) is 0 Å². The molecule has 0 spiro atoms. The number of hydrogen-bond donors (Lipinski definition) is 2. The predicted molar refractivity (Wildman–Crippen MR) is 72.2 cm³/mol. The number of carbonyl (C=O) groups excluding carboxylic acids is 1. The molecule has 1 rings (SSSR count). The van der Waals surface area contributed by atoms with Crippen LogP contribution in [0.4, 0.5) is 4.39 Å². The fourth-order valence-electron chi connectivity index (χ4n) is 1.70. The SMILES string of the molecule is CCC(CC)NC(=O)c1cc(F)ccc1C#CCO. The van der Waals surface area contributed by atoms with E-state index in [0.717, 1.165) is 12.8 Å². The Labute approximate surface area is 112 Å². The second-order valence-corrected chi connectivity index (χ2v) is 4.14. The Morgan fingerprint density at radius 3 is 2.68 bits per heavy atom. The molecule has 0 aliphatic rings. The van der Waals surface area contributed by atoms with Gasteiger partial charge in [0, 0.05) is 11.6 Å². The fourth-order valence-corrected chi connectivity index (χ4v) is 1.70. The molecule has 1 amide bonds. The summed E-state index contributed by atoms with van der Waals surface area (Å²) in [5, 5.41) is 11.5. The highest BCUT2D eigenvalue weighted by Gasteiger charge is 2.14. The molecule has 4 heteroatoms. The molecule has 0 atom stereocenters. The number of aliphatic hydroxyl groups is 1. The van der Waals surface area contributed by atoms with Crippen LogP contribution in [-0.2, 0) is 0 Å². The van der Waals surface area contributed by atoms with Crippen molar-refractivity contribution in [1.29, 1.82) is 0 Å². The van der Waals surface area contributed by atoms with Gasteiger partial charge in [-0.2, -0.15) is 0 Å². The molecule has 0 bridgehead atoms. The molecule has 1 aromatic rings. The molecule has 0 aliphatic heterocycles. The second kappa shape index (κ2) is 7.55. The van der Waals surface area contributed by atoms with Crippen molar-refractivity contribution in [1.82, 2.24) is 5.32 Å². The topological polar surface area (TPSA) is 49.3 Å². The predicted octanol–water partition coefficient (Wildman–Crippen LogP) is 2.09. The summed E-state index contributed by atoms with van der Waals surface area (Å²) >= 11 is 0. The summed E-state index contributed by atoms with van der Waals surface area (Å²) in [6.45, 7) is 3.66. The Bertz CT molecular complexity index is 499. The van der Waals surface area contributed by atoms with E-state index in [2.05, 4.69) is 17.2 Å². The maximum absolute atomic E-state index is 13.3. The molecule has 0 heterocycles. The maximum atomic E-state index is 13.3. The first-order valence-corrected chi connectivity index (χ1v) is 6.32. The highest BCUT2D eigenvalue weighted by molar-refractivity contribution is 5.96. The van der Waals surface area contributed by atoms with Crippen LogP contribution in [0.15, 0.2) is 18.2 Å². The minimum absolute atomic E-state index is 0.0643. The van der Waals surface area contributed by atoms with Crippen LogP contribution in [0, 0.1) is 17.7 Å². The molecule has 0 aliphatic carbocycles. The molecular weight excluding hydrogens is 245 g/mol. The number of nitrogens with one attached hydrogen (secondary N) is 1. The molecule has 0 unspecified atom stereocenters. The third kappa shape index (κ3) is 4.38. The van der Waals surface area contributed by atoms with Crippen LogP contribution in [0.5, 0.6) is 0 Å². The van der Waals surface area contributed by atoms with E-state index in [1.54, 1.807) is 0 Å². The van der Waals surface area contributed by atoms with Gasteiger partial charge < -0.3 is 10.4 Å². The van der Waals surface area contributed by atoms with Crippen molar-refractivity contribution in [2.45, 2.75) is 32.7 Å². The van der Waals surface area contributed by atoms with Crippen molar-refractivity contribution >= 4 is 5.91 Å². The van der Waals surface area contributed by atoms with Gasteiger partial charge in [0.1, 0.15) is 12.4 Å². The summed E-state index contributed by atoms with van der Waals surface area (Å²) in [7, 11) is 0. The molecule has 0 radical (unpaired) electrons. The summed E-state index contributed by atoms with van der Waals surface area (Å²) < 4.78 is 13.3. The van der Waals surface area contributed by atoms with Crippen molar-refractivity contribution in [2.24, 2.45) is 0 Å². The molecule has 1 aromatic carbocycles. The lowest BCUT2D eigenvalue weighted by Crippen LogP contribution is -2.34. The van der Waals surface area contributed by atoms with Crippen LogP contribution in [0.3, 0.4) is 0 Å². The summed E-state index contributed by atoms with van der Waals surface area (Å²) in [5.41, 5.74) is 0.617. The van der Waals surface area contributed by atoms with Crippen molar-refractivity contribution in [3.05, 3.63) is 35.1 Å². The van der Waals surface area contributed by atoms with E-state index in [1.165, 1.54) is 18.2 Å². The van der Waals surface area contributed by atoms with Crippen LogP contribution in [0.2, 0.25) is 0 Å². The van der Waals surface area contributed by atoms with Crippen molar-refractivity contribution in [2.75, 3.05) is 6.61 Å². The third-order valence-electron chi connectivity index (χ3n) is 2.85. The van der Waals surface area contributed by atoms with Crippen LogP contribution in [0.25, 0.3) is 0 Å². The first-order chi connectivity index (χ1) is 9.12. The third-order valence-corrected chi connectivity index (χ3v) is 2.85. The van der Waals surface area contributed by atoms with E-state index in [0.29, 0.717) is 5.56 Å². The average Bonchev–Trinajstić information content (AvgIpc) is 2.43. The van der Waals surface area contributed by atoms with Crippen LogP contribution in [0.1, 0.15) is 42.6 Å². The number of aliphatic hydroxyl groups excluding tert-OH is 1. The maximum Gasteiger partial charge on any atom is 0.252 e. The summed E-state index contributed by atoms with van der Waals surface area (Å²) in [6.07, 6.45) is 1.63. The van der Waals surface area contributed by atoms with E-state index in [9.17, 15) is 9.18 Å². The number of rotatable bonds is 4. The summed E-state index contributed by atoms with van der Waals surface area (Å²) in [4.78, 5) is 12.1. The lowest BCUT2D eigenvalue weighted by atomic mass is 10.1. The fraction of sp³-hybridized carbons (Fsp3) is 0.400. The smallest absolute Gasteiger partial charge is 0.252 e. The molecule has 0 aromatic heterocycles. The number of hydrogen-bond acceptors (Lipinski definition) is 2. The van der Waals surface area contributed by atoms with Crippen molar-refractivity contribution in [3.63, 3.8) is 0 Å². The first-order valence-electron chi connectivity index (χ1n) is 6.32. The molecule has 19 heavy (non-hydrogen) atoms. The average molecular weight is 263 g/mol. The minimum Gasteiger partial charge on any atom is -0.384 e. The molecule has 3 nitrogen and oxygen atoms in total. The zero-order valence-electron chi connectivity index (χ0n) is 11.2.